The molecule has 2 aliphatic heterocycles. The van der Waals surface area contributed by atoms with Gasteiger partial charge in [0.25, 0.3) is 0 Å². The summed E-state index contributed by atoms with van der Waals surface area (Å²) in [6, 6.07) is 10.6. The average molecular weight is 466 g/mol. The van der Waals surface area contributed by atoms with E-state index in [-0.39, 0.29) is 36.2 Å². The number of aromatic nitrogens is 1. The van der Waals surface area contributed by atoms with Crippen molar-refractivity contribution < 1.29 is 4.74 Å². The van der Waals surface area contributed by atoms with Crippen LogP contribution in [0.4, 0.5) is 5.69 Å². The molecule has 170 valence electrons. The van der Waals surface area contributed by atoms with Crippen LogP contribution in [-0.2, 0) is 13.0 Å². The highest BCUT2D eigenvalue weighted by atomic mass is 35.5. The predicted octanol–water partition coefficient (Wildman–Crippen LogP) is 4.25. The number of guanidine groups is 1. The molecule has 0 aliphatic carbocycles. The minimum absolute atomic E-state index is 0. The van der Waals surface area contributed by atoms with Crippen LogP contribution in [0.3, 0.4) is 0 Å². The van der Waals surface area contributed by atoms with Gasteiger partial charge in [-0.05, 0) is 61.1 Å². The fourth-order valence-corrected chi connectivity index (χ4v) is 4.30. The second kappa shape index (κ2) is 10.9. The van der Waals surface area contributed by atoms with Crippen LogP contribution in [0.15, 0.2) is 42.7 Å². The largest absolute Gasteiger partial charge is 0.493 e. The molecule has 0 spiro atoms. The van der Waals surface area contributed by atoms with Crippen molar-refractivity contribution in [3.8, 4) is 5.75 Å². The average Bonchev–Trinajstić information content (AvgIpc) is 2.96. The zero-order valence-corrected chi connectivity index (χ0v) is 19.7. The number of fused-ring (bicyclic) bond motifs is 1. The highest BCUT2D eigenvalue weighted by Crippen LogP contribution is 2.34. The number of hydrogen-bond acceptors (Lipinski definition) is 4. The Morgan fingerprint density at radius 1 is 1.10 bits per heavy atom. The van der Waals surface area contributed by atoms with Crippen molar-refractivity contribution in [2.24, 2.45) is 11.1 Å². The number of pyridine rings is 1. The molecule has 6 nitrogen and oxygen atoms in total. The van der Waals surface area contributed by atoms with E-state index < -0.39 is 0 Å². The molecule has 1 fully saturated rings. The van der Waals surface area contributed by atoms with Crippen LogP contribution in [0.1, 0.15) is 37.3 Å². The molecule has 0 unspecified atom stereocenters. The molecule has 1 aromatic carbocycles. The maximum absolute atomic E-state index is 7.77. The summed E-state index contributed by atoms with van der Waals surface area (Å²) in [6.07, 6.45) is 7.99. The first-order valence-electron chi connectivity index (χ1n) is 10.5. The summed E-state index contributed by atoms with van der Waals surface area (Å²) in [5.74, 6) is 1.07. The van der Waals surface area contributed by atoms with Gasteiger partial charge in [-0.15, -0.1) is 24.8 Å². The Morgan fingerprint density at radius 3 is 2.48 bits per heavy atom. The van der Waals surface area contributed by atoms with E-state index in [2.05, 4.69) is 47.1 Å². The van der Waals surface area contributed by atoms with E-state index in [4.69, 9.17) is 15.9 Å². The van der Waals surface area contributed by atoms with E-state index in [1.54, 1.807) is 0 Å². The number of rotatable bonds is 4. The molecule has 8 heteroatoms. The van der Waals surface area contributed by atoms with Gasteiger partial charge in [-0.1, -0.05) is 13.0 Å². The van der Waals surface area contributed by atoms with E-state index >= 15 is 0 Å². The van der Waals surface area contributed by atoms with Crippen LogP contribution >= 0.6 is 24.8 Å². The number of nitrogens with zero attached hydrogens (tertiary/aromatic N) is 3. The number of hydrogen-bond donors (Lipinski definition) is 2. The summed E-state index contributed by atoms with van der Waals surface area (Å²) in [7, 11) is 0. The Kier molecular flexibility index (Phi) is 8.83. The summed E-state index contributed by atoms with van der Waals surface area (Å²) in [5.41, 5.74) is 9.74. The number of anilines is 1. The molecule has 0 bridgehead atoms. The molecule has 0 atom stereocenters. The number of nitrogens with two attached hydrogens (primary N) is 1. The van der Waals surface area contributed by atoms with Crippen molar-refractivity contribution in [2.75, 3.05) is 31.1 Å². The number of nitrogens with one attached hydrogen (secondary N) is 1. The lowest BCUT2D eigenvalue weighted by atomic mass is 9.81. The normalized spacial score (nSPS) is 17.5. The fraction of sp³-hybridized carbons (Fsp3) is 0.478. The van der Waals surface area contributed by atoms with Crippen LogP contribution < -0.4 is 15.4 Å². The van der Waals surface area contributed by atoms with Crippen molar-refractivity contribution in [3.05, 3.63) is 53.9 Å². The maximum Gasteiger partial charge on any atom is 0.188 e. The third-order valence-corrected chi connectivity index (χ3v) is 6.34. The van der Waals surface area contributed by atoms with E-state index in [0.717, 1.165) is 57.7 Å². The van der Waals surface area contributed by atoms with Gasteiger partial charge in [0.2, 0.25) is 0 Å². The first-order chi connectivity index (χ1) is 14.0. The minimum Gasteiger partial charge on any atom is -0.493 e. The molecular formula is C23H33Cl2N5O. The summed E-state index contributed by atoms with van der Waals surface area (Å²) in [6.45, 7) is 6.68. The molecule has 0 radical (unpaired) electrons. The first kappa shape index (κ1) is 25.1. The summed E-state index contributed by atoms with van der Waals surface area (Å²) in [5, 5.41) is 7.77. The Morgan fingerprint density at radius 2 is 1.81 bits per heavy atom. The molecule has 31 heavy (non-hydrogen) atoms. The number of halogens is 2. The fourth-order valence-electron chi connectivity index (χ4n) is 4.30. The topological polar surface area (TPSA) is 78.5 Å². The van der Waals surface area contributed by atoms with Crippen LogP contribution in [0.5, 0.6) is 5.75 Å². The maximum atomic E-state index is 7.77. The molecule has 4 rings (SSSR count). The second-order valence-electron chi connectivity index (χ2n) is 8.63. The molecule has 0 saturated carbocycles. The van der Waals surface area contributed by atoms with Crippen LogP contribution in [0.2, 0.25) is 0 Å². The van der Waals surface area contributed by atoms with Gasteiger partial charge < -0.3 is 20.3 Å². The van der Waals surface area contributed by atoms with E-state index in [1.165, 1.54) is 16.8 Å². The number of aryl methyl sites for hydroxylation is 1. The van der Waals surface area contributed by atoms with E-state index in [9.17, 15) is 0 Å². The molecule has 3 N–H and O–H groups in total. The molecule has 2 aliphatic rings. The van der Waals surface area contributed by atoms with Crippen molar-refractivity contribution in [3.63, 3.8) is 0 Å². The second-order valence-corrected chi connectivity index (χ2v) is 8.63. The van der Waals surface area contributed by atoms with E-state index in [1.807, 2.05) is 17.3 Å². The lowest BCUT2D eigenvalue weighted by Crippen LogP contribution is -2.41. The highest BCUT2D eigenvalue weighted by molar-refractivity contribution is 5.85. The van der Waals surface area contributed by atoms with Crippen LogP contribution in [0, 0.1) is 10.8 Å². The van der Waals surface area contributed by atoms with Gasteiger partial charge in [0.1, 0.15) is 5.75 Å². The van der Waals surface area contributed by atoms with Gasteiger partial charge in [-0.25, -0.2) is 0 Å². The lowest BCUT2D eigenvalue weighted by Gasteiger charge is -2.40. The Balaban J connectivity index is 0.00000171. The molecule has 3 heterocycles. The van der Waals surface area contributed by atoms with Gasteiger partial charge in [0, 0.05) is 49.7 Å². The van der Waals surface area contributed by atoms with Crippen molar-refractivity contribution in [1.82, 2.24) is 9.88 Å². The third-order valence-electron chi connectivity index (χ3n) is 6.34. The van der Waals surface area contributed by atoms with Gasteiger partial charge >= 0.3 is 0 Å². The SMILES string of the molecule is CC1(COc2ccc3c(c2)CN(C(=N)N)CCC3)CCN(c2ccncc2)CC1.Cl.Cl. The number of ether oxygens (including phenoxy) is 1. The van der Waals surface area contributed by atoms with Gasteiger partial charge in [0.15, 0.2) is 5.96 Å². The highest BCUT2D eigenvalue weighted by Gasteiger charge is 2.31. The Hall–Kier alpha value is -2.18. The monoisotopic (exact) mass is 465 g/mol. The summed E-state index contributed by atoms with van der Waals surface area (Å²) < 4.78 is 6.26. The van der Waals surface area contributed by atoms with Crippen molar-refractivity contribution in [1.29, 1.82) is 5.41 Å². The zero-order valence-electron chi connectivity index (χ0n) is 18.0. The lowest BCUT2D eigenvalue weighted by molar-refractivity contribution is 0.131. The van der Waals surface area contributed by atoms with Gasteiger partial charge in [0.05, 0.1) is 6.61 Å². The smallest absolute Gasteiger partial charge is 0.188 e. The number of piperidine rings is 1. The molecular weight excluding hydrogens is 433 g/mol. The number of benzene rings is 1. The predicted molar refractivity (Wildman–Crippen MR) is 131 cm³/mol. The van der Waals surface area contributed by atoms with Crippen LogP contribution in [-0.4, -0.2) is 42.1 Å². The molecule has 1 aromatic heterocycles. The molecule has 1 saturated heterocycles. The molecule has 2 aromatic rings. The summed E-state index contributed by atoms with van der Waals surface area (Å²) in [4.78, 5) is 8.48. The van der Waals surface area contributed by atoms with E-state index in [0.29, 0.717) is 6.54 Å². The van der Waals surface area contributed by atoms with Crippen LogP contribution in [0.25, 0.3) is 0 Å². The summed E-state index contributed by atoms with van der Waals surface area (Å²) >= 11 is 0. The third kappa shape index (κ3) is 6.17. The standard InChI is InChI=1S/C23H31N5O.2ClH/c1-23(8-13-27(14-9-23)20-6-10-26-11-7-20)17-29-21-5-4-18-3-2-12-28(22(24)25)16-19(18)15-21;;/h4-7,10-11,15H,2-3,8-9,12-14,16-17H2,1H3,(H3,24,25);2*1H. The quantitative estimate of drug-likeness (QED) is 0.520. The Bertz CT molecular complexity index is 856. The molecule has 0 amide bonds. The van der Waals surface area contributed by atoms with Crippen molar-refractivity contribution in [2.45, 2.75) is 39.2 Å². The Labute approximate surface area is 197 Å². The zero-order chi connectivity index (χ0) is 20.3. The van der Waals surface area contributed by atoms with Gasteiger partial charge in [-0.2, -0.15) is 0 Å². The van der Waals surface area contributed by atoms with Crippen molar-refractivity contribution >= 4 is 36.5 Å². The van der Waals surface area contributed by atoms with Gasteiger partial charge in [-0.3, -0.25) is 10.4 Å². The minimum atomic E-state index is 0. The first-order valence-corrected chi connectivity index (χ1v) is 10.5.